The summed E-state index contributed by atoms with van der Waals surface area (Å²) in [6.07, 6.45) is 0. The minimum absolute atomic E-state index is 0.160. The molecule has 6 heteroatoms. The largest absolute Gasteiger partial charge is 0.494 e. The van der Waals surface area contributed by atoms with Gasteiger partial charge in [0.15, 0.2) is 5.75 Å². The summed E-state index contributed by atoms with van der Waals surface area (Å²) in [6.45, 7) is 3.82. The first-order chi connectivity index (χ1) is 9.52. The molecular formula is C14H17N3O2S. The molecule has 0 spiro atoms. The monoisotopic (exact) mass is 291 g/mol. The quantitative estimate of drug-likeness (QED) is 0.849. The van der Waals surface area contributed by atoms with Gasteiger partial charge in [0.1, 0.15) is 5.01 Å². The minimum atomic E-state index is -0.227. The second kappa shape index (κ2) is 5.92. The van der Waals surface area contributed by atoms with Crippen LogP contribution in [0.1, 0.15) is 34.0 Å². The van der Waals surface area contributed by atoms with Gasteiger partial charge in [0.25, 0.3) is 5.91 Å². The van der Waals surface area contributed by atoms with Gasteiger partial charge >= 0.3 is 0 Å². The van der Waals surface area contributed by atoms with E-state index in [1.165, 1.54) is 18.4 Å². The first-order valence-electron chi connectivity index (χ1n) is 6.18. The number of para-hydroxylation sites is 1. The number of aromatic nitrogens is 1. The van der Waals surface area contributed by atoms with Gasteiger partial charge < -0.3 is 15.8 Å². The average molecular weight is 291 g/mol. The number of aryl methyl sites for hydroxylation is 1. The van der Waals surface area contributed by atoms with E-state index in [1.807, 2.05) is 19.2 Å². The van der Waals surface area contributed by atoms with E-state index < -0.39 is 0 Å². The van der Waals surface area contributed by atoms with E-state index in [4.69, 9.17) is 10.5 Å². The molecular weight excluding hydrogens is 274 g/mol. The molecule has 1 atom stereocenters. The van der Waals surface area contributed by atoms with Gasteiger partial charge in [-0.15, -0.1) is 11.3 Å². The van der Waals surface area contributed by atoms with Crippen LogP contribution in [0.3, 0.4) is 0 Å². The molecule has 20 heavy (non-hydrogen) atoms. The number of hydrogen-bond acceptors (Lipinski definition) is 5. The van der Waals surface area contributed by atoms with E-state index in [-0.39, 0.29) is 11.9 Å². The molecule has 0 bridgehead atoms. The fourth-order valence-electron chi connectivity index (χ4n) is 1.87. The molecule has 1 aromatic heterocycles. The van der Waals surface area contributed by atoms with Crippen LogP contribution in [0.5, 0.6) is 5.75 Å². The zero-order valence-corrected chi connectivity index (χ0v) is 12.5. The smallest absolute Gasteiger partial charge is 0.255 e. The molecule has 2 rings (SSSR count). The van der Waals surface area contributed by atoms with Gasteiger partial charge in [-0.3, -0.25) is 4.79 Å². The number of nitrogens with two attached hydrogens (primary N) is 1. The molecule has 1 unspecified atom stereocenters. The number of hydrogen-bond donors (Lipinski definition) is 2. The average Bonchev–Trinajstić information content (AvgIpc) is 2.85. The highest BCUT2D eigenvalue weighted by molar-refractivity contribution is 7.09. The highest BCUT2D eigenvalue weighted by Gasteiger charge is 2.18. The van der Waals surface area contributed by atoms with Crippen LogP contribution in [-0.4, -0.2) is 18.0 Å². The third-order valence-corrected chi connectivity index (χ3v) is 3.99. The van der Waals surface area contributed by atoms with Gasteiger partial charge in [-0.1, -0.05) is 6.07 Å². The second-order valence-corrected chi connectivity index (χ2v) is 5.34. The maximum absolute atomic E-state index is 12.3. The first kappa shape index (κ1) is 14.3. The Balaban J connectivity index is 2.18. The number of nitrogens with zero attached hydrogens (tertiary/aromatic N) is 1. The van der Waals surface area contributed by atoms with Crippen molar-refractivity contribution >= 4 is 22.9 Å². The van der Waals surface area contributed by atoms with Crippen molar-refractivity contribution in [3.63, 3.8) is 0 Å². The number of thiazole rings is 1. The Kier molecular flexibility index (Phi) is 4.24. The Labute approximate surface area is 121 Å². The van der Waals surface area contributed by atoms with Crippen LogP contribution in [0.4, 0.5) is 5.69 Å². The number of benzene rings is 1. The lowest BCUT2D eigenvalue weighted by molar-refractivity contribution is 0.0937. The van der Waals surface area contributed by atoms with E-state index in [0.717, 1.165) is 10.7 Å². The SMILES string of the molecule is COc1c(N)cccc1C(=O)NC(C)c1nc(C)cs1. The van der Waals surface area contributed by atoms with Crippen LogP contribution < -0.4 is 15.8 Å². The van der Waals surface area contributed by atoms with Gasteiger partial charge in [-0.2, -0.15) is 0 Å². The molecule has 0 radical (unpaired) electrons. The summed E-state index contributed by atoms with van der Waals surface area (Å²) < 4.78 is 5.19. The van der Waals surface area contributed by atoms with Crippen molar-refractivity contribution in [3.05, 3.63) is 39.8 Å². The summed E-state index contributed by atoms with van der Waals surface area (Å²) in [5.41, 5.74) is 7.62. The maximum Gasteiger partial charge on any atom is 0.255 e. The molecule has 0 saturated heterocycles. The van der Waals surface area contributed by atoms with Crippen LogP contribution in [0.2, 0.25) is 0 Å². The highest BCUT2D eigenvalue weighted by atomic mass is 32.1. The van der Waals surface area contributed by atoms with E-state index in [2.05, 4.69) is 10.3 Å². The molecule has 1 aromatic carbocycles. The Morgan fingerprint density at radius 2 is 2.25 bits per heavy atom. The predicted molar refractivity (Wildman–Crippen MR) is 80.1 cm³/mol. The molecule has 0 aliphatic rings. The third kappa shape index (κ3) is 2.91. The first-order valence-corrected chi connectivity index (χ1v) is 7.06. The van der Waals surface area contributed by atoms with Crippen molar-refractivity contribution in [3.8, 4) is 5.75 Å². The van der Waals surface area contributed by atoms with Crippen LogP contribution in [0.25, 0.3) is 0 Å². The fourth-order valence-corrected chi connectivity index (χ4v) is 2.67. The lowest BCUT2D eigenvalue weighted by Gasteiger charge is -2.14. The number of rotatable bonds is 4. The molecule has 5 nitrogen and oxygen atoms in total. The predicted octanol–water partition coefficient (Wildman–Crippen LogP) is 2.53. The van der Waals surface area contributed by atoms with Crippen molar-refractivity contribution in [2.45, 2.75) is 19.9 Å². The van der Waals surface area contributed by atoms with Crippen LogP contribution in [0.15, 0.2) is 23.6 Å². The topological polar surface area (TPSA) is 77.2 Å². The van der Waals surface area contributed by atoms with E-state index >= 15 is 0 Å². The zero-order valence-electron chi connectivity index (χ0n) is 11.6. The molecule has 0 fully saturated rings. The summed E-state index contributed by atoms with van der Waals surface area (Å²) in [5.74, 6) is 0.169. The molecule has 1 amide bonds. The molecule has 106 valence electrons. The summed E-state index contributed by atoms with van der Waals surface area (Å²) in [7, 11) is 1.50. The van der Waals surface area contributed by atoms with Crippen LogP contribution in [-0.2, 0) is 0 Å². The van der Waals surface area contributed by atoms with Gasteiger partial charge in [-0.05, 0) is 26.0 Å². The molecule has 3 N–H and O–H groups in total. The summed E-state index contributed by atoms with van der Waals surface area (Å²) in [5, 5.41) is 5.73. The molecule has 0 aliphatic carbocycles. The van der Waals surface area contributed by atoms with Crippen LogP contribution >= 0.6 is 11.3 Å². The summed E-state index contributed by atoms with van der Waals surface area (Å²) in [4.78, 5) is 16.7. The number of carbonyl (C=O) groups is 1. The summed E-state index contributed by atoms with van der Waals surface area (Å²) >= 11 is 1.53. The summed E-state index contributed by atoms with van der Waals surface area (Å²) in [6, 6.07) is 4.95. The van der Waals surface area contributed by atoms with Gasteiger partial charge in [0.05, 0.1) is 24.4 Å². The Morgan fingerprint density at radius 1 is 1.50 bits per heavy atom. The Hall–Kier alpha value is -2.08. The molecule has 0 saturated carbocycles. The van der Waals surface area contributed by atoms with Crippen molar-refractivity contribution in [2.75, 3.05) is 12.8 Å². The molecule has 2 aromatic rings. The lowest BCUT2D eigenvalue weighted by atomic mass is 10.1. The third-order valence-electron chi connectivity index (χ3n) is 2.85. The minimum Gasteiger partial charge on any atom is -0.494 e. The zero-order chi connectivity index (χ0) is 14.7. The van der Waals surface area contributed by atoms with Gasteiger partial charge in [0.2, 0.25) is 0 Å². The number of amides is 1. The number of nitrogen functional groups attached to an aromatic ring is 1. The number of ether oxygens (including phenoxy) is 1. The molecule has 1 heterocycles. The maximum atomic E-state index is 12.3. The highest BCUT2D eigenvalue weighted by Crippen LogP contribution is 2.26. The van der Waals surface area contributed by atoms with Gasteiger partial charge in [-0.25, -0.2) is 4.98 Å². The number of nitrogens with one attached hydrogen (secondary N) is 1. The number of carbonyl (C=O) groups excluding carboxylic acids is 1. The normalized spacial score (nSPS) is 11.9. The van der Waals surface area contributed by atoms with E-state index in [1.54, 1.807) is 18.2 Å². The number of anilines is 1. The molecule has 0 aliphatic heterocycles. The Bertz CT molecular complexity index is 625. The van der Waals surface area contributed by atoms with E-state index in [9.17, 15) is 4.79 Å². The second-order valence-electron chi connectivity index (χ2n) is 4.45. The van der Waals surface area contributed by atoms with Crippen molar-refractivity contribution in [2.24, 2.45) is 0 Å². The van der Waals surface area contributed by atoms with Crippen LogP contribution in [0, 0.1) is 6.92 Å². The van der Waals surface area contributed by atoms with Crippen molar-refractivity contribution in [1.29, 1.82) is 0 Å². The number of methoxy groups -OCH3 is 1. The van der Waals surface area contributed by atoms with E-state index in [0.29, 0.717) is 17.0 Å². The lowest BCUT2D eigenvalue weighted by Crippen LogP contribution is -2.27. The standard InChI is InChI=1S/C14H17N3O2S/c1-8-7-20-14(16-8)9(2)17-13(18)10-5-4-6-11(15)12(10)19-3/h4-7,9H,15H2,1-3H3,(H,17,18). The van der Waals surface area contributed by atoms with Gasteiger partial charge in [0, 0.05) is 11.1 Å². The Morgan fingerprint density at radius 3 is 2.85 bits per heavy atom. The fraction of sp³-hybridized carbons (Fsp3) is 0.286. The van der Waals surface area contributed by atoms with Crippen molar-refractivity contribution < 1.29 is 9.53 Å². The van der Waals surface area contributed by atoms with Crippen molar-refractivity contribution in [1.82, 2.24) is 10.3 Å².